The summed E-state index contributed by atoms with van der Waals surface area (Å²) in [6, 6.07) is 14.4. The lowest BCUT2D eigenvalue weighted by Crippen LogP contribution is -2.25. The standard InChI is InChI=1S/C28H29F3N2O3/c1-28(31)14-13-22(25(29)26(28)30)20-11-12-23-21(16-20)17-33(27(23)35)15-7-3-6-10-24(34)32-36-18-19-8-4-2-5-9-19/h2,4-5,8-9,11-14,16,22H,3,6-7,10,15,17-18H2,1H3,(H,32,34). The van der Waals surface area contributed by atoms with Crippen LogP contribution in [0.5, 0.6) is 0 Å². The predicted octanol–water partition coefficient (Wildman–Crippen LogP) is 5.98. The van der Waals surface area contributed by atoms with Crippen molar-refractivity contribution in [3.63, 3.8) is 0 Å². The molecule has 2 aliphatic rings. The Kier molecular flexibility index (Phi) is 7.94. The van der Waals surface area contributed by atoms with Crippen molar-refractivity contribution in [2.24, 2.45) is 0 Å². The van der Waals surface area contributed by atoms with Gasteiger partial charge in [0.25, 0.3) is 5.91 Å². The molecule has 2 unspecified atom stereocenters. The first-order chi connectivity index (χ1) is 17.3. The average molecular weight is 499 g/mol. The molecule has 1 N–H and O–H groups in total. The van der Waals surface area contributed by atoms with Gasteiger partial charge in [-0.25, -0.2) is 18.7 Å². The van der Waals surface area contributed by atoms with Crippen molar-refractivity contribution >= 4 is 11.8 Å². The van der Waals surface area contributed by atoms with E-state index in [0.29, 0.717) is 43.7 Å². The second-order valence-corrected chi connectivity index (χ2v) is 9.33. The number of allylic oxidation sites excluding steroid dienone is 4. The molecule has 5 nitrogen and oxygen atoms in total. The smallest absolute Gasteiger partial charge is 0.254 e. The van der Waals surface area contributed by atoms with Crippen molar-refractivity contribution in [3.05, 3.63) is 94.6 Å². The molecule has 8 heteroatoms. The second-order valence-electron chi connectivity index (χ2n) is 9.33. The van der Waals surface area contributed by atoms with Gasteiger partial charge in [0.15, 0.2) is 11.5 Å². The van der Waals surface area contributed by atoms with Gasteiger partial charge in [0.2, 0.25) is 5.91 Å². The number of nitrogens with zero attached hydrogens (tertiary/aromatic N) is 1. The number of carbonyl (C=O) groups excluding carboxylic acids is 2. The highest BCUT2D eigenvalue weighted by molar-refractivity contribution is 5.98. The number of hydrogen-bond donors (Lipinski definition) is 1. The van der Waals surface area contributed by atoms with Crippen LogP contribution in [0.15, 0.2) is 72.3 Å². The SMILES string of the molecule is CC1(F)C=CC(c2ccc3c(c2)CN(CCCCCC(=O)NOCc2ccccc2)C3=O)C(F)=C1F. The minimum atomic E-state index is -2.44. The molecule has 0 radical (unpaired) electrons. The molecule has 0 aromatic heterocycles. The van der Waals surface area contributed by atoms with Gasteiger partial charge in [-0.15, -0.1) is 0 Å². The van der Waals surface area contributed by atoms with Crippen molar-refractivity contribution in [2.75, 3.05) is 6.54 Å². The summed E-state index contributed by atoms with van der Waals surface area (Å²) in [6.45, 7) is 2.18. The number of hydrogen-bond acceptors (Lipinski definition) is 3. The zero-order valence-electron chi connectivity index (χ0n) is 20.1. The van der Waals surface area contributed by atoms with Crippen LogP contribution in [0.1, 0.15) is 65.6 Å². The van der Waals surface area contributed by atoms with Crippen LogP contribution in [0.3, 0.4) is 0 Å². The van der Waals surface area contributed by atoms with E-state index >= 15 is 0 Å². The normalized spacial score (nSPS) is 21.2. The van der Waals surface area contributed by atoms with E-state index < -0.39 is 23.2 Å². The van der Waals surface area contributed by atoms with E-state index in [-0.39, 0.29) is 11.8 Å². The van der Waals surface area contributed by atoms with E-state index in [2.05, 4.69) is 5.48 Å². The van der Waals surface area contributed by atoms with Crippen LogP contribution >= 0.6 is 0 Å². The van der Waals surface area contributed by atoms with Gasteiger partial charge in [-0.2, -0.15) is 0 Å². The maximum absolute atomic E-state index is 14.5. The number of hydroxylamine groups is 1. The Morgan fingerprint density at radius 3 is 2.69 bits per heavy atom. The topological polar surface area (TPSA) is 58.6 Å². The molecular weight excluding hydrogens is 469 g/mol. The Bertz CT molecular complexity index is 1180. The molecule has 1 aliphatic carbocycles. The molecule has 0 saturated heterocycles. The highest BCUT2D eigenvalue weighted by Crippen LogP contribution is 2.41. The van der Waals surface area contributed by atoms with E-state index in [1.165, 1.54) is 6.08 Å². The van der Waals surface area contributed by atoms with Crippen LogP contribution in [0, 0.1) is 0 Å². The Morgan fingerprint density at radius 1 is 1.14 bits per heavy atom. The summed E-state index contributed by atoms with van der Waals surface area (Å²) in [7, 11) is 0. The molecule has 0 fully saturated rings. The lowest BCUT2D eigenvalue weighted by atomic mass is 9.87. The summed E-state index contributed by atoms with van der Waals surface area (Å²) in [5, 5.41) is 0. The van der Waals surface area contributed by atoms with Crippen LogP contribution in [0.4, 0.5) is 13.2 Å². The fourth-order valence-corrected chi connectivity index (χ4v) is 4.43. The average Bonchev–Trinajstić information content (AvgIpc) is 3.17. The summed E-state index contributed by atoms with van der Waals surface area (Å²) >= 11 is 0. The van der Waals surface area contributed by atoms with Crippen LogP contribution in [-0.2, 0) is 22.8 Å². The van der Waals surface area contributed by atoms with E-state index in [1.807, 2.05) is 30.3 Å². The van der Waals surface area contributed by atoms with Gasteiger partial charge in [0, 0.05) is 25.1 Å². The number of nitrogens with one attached hydrogen (secondary N) is 1. The molecular formula is C28H29F3N2O3. The van der Waals surface area contributed by atoms with Crippen molar-refractivity contribution in [3.8, 4) is 0 Å². The maximum atomic E-state index is 14.5. The first kappa shape index (κ1) is 25.7. The van der Waals surface area contributed by atoms with Crippen LogP contribution in [0.2, 0.25) is 0 Å². The molecule has 0 saturated carbocycles. The quantitative estimate of drug-likeness (QED) is 0.249. The Labute approximate surface area is 208 Å². The highest BCUT2D eigenvalue weighted by atomic mass is 19.2. The van der Waals surface area contributed by atoms with Crippen molar-refractivity contribution in [1.82, 2.24) is 10.4 Å². The molecule has 1 aliphatic heterocycles. The molecule has 2 aromatic carbocycles. The van der Waals surface area contributed by atoms with E-state index in [0.717, 1.165) is 37.0 Å². The zero-order chi connectivity index (χ0) is 25.7. The fourth-order valence-electron chi connectivity index (χ4n) is 4.43. The molecule has 2 amide bonds. The Balaban J connectivity index is 1.20. The fraction of sp³-hybridized carbons (Fsp3) is 0.357. The lowest BCUT2D eigenvalue weighted by molar-refractivity contribution is -0.134. The minimum Gasteiger partial charge on any atom is -0.334 e. The van der Waals surface area contributed by atoms with Crippen LogP contribution in [0.25, 0.3) is 0 Å². The number of carbonyl (C=O) groups is 2. The third-order valence-corrected chi connectivity index (χ3v) is 6.48. The molecule has 1 heterocycles. The van der Waals surface area contributed by atoms with E-state index in [4.69, 9.17) is 4.84 Å². The van der Waals surface area contributed by atoms with E-state index in [1.54, 1.807) is 23.1 Å². The Hall–Kier alpha value is -3.39. The lowest BCUT2D eigenvalue weighted by Gasteiger charge is -2.23. The van der Waals surface area contributed by atoms with E-state index in [9.17, 15) is 22.8 Å². The summed E-state index contributed by atoms with van der Waals surface area (Å²) in [5.74, 6) is -3.86. The van der Waals surface area contributed by atoms with Gasteiger partial charge in [-0.05, 0) is 48.6 Å². The molecule has 4 rings (SSSR count). The summed E-state index contributed by atoms with van der Waals surface area (Å²) < 4.78 is 42.6. The molecule has 190 valence electrons. The molecule has 36 heavy (non-hydrogen) atoms. The van der Waals surface area contributed by atoms with Gasteiger partial charge in [-0.1, -0.05) is 55.0 Å². The number of alkyl halides is 1. The van der Waals surface area contributed by atoms with Crippen molar-refractivity contribution < 1.29 is 27.6 Å². The third kappa shape index (κ3) is 5.87. The van der Waals surface area contributed by atoms with Gasteiger partial charge in [0.1, 0.15) is 5.83 Å². The molecule has 2 atom stereocenters. The van der Waals surface area contributed by atoms with Crippen LogP contribution < -0.4 is 5.48 Å². The number of unbranched alkanes of at least 4 members (excludes halogenated alkanes) is 2. The third-order valence-electron chi connectivity index (χ3n) is 6.48. The number of amides is 2. The highest BCUT2D eigenvalue weighted by Gasteiger charge is 2.37. The number of benzene rings is 2. The zero-order valence-corrected chi connectivity index (χ0v) is 20.1. The molecule has 2 aromatic rings. The monoisotopic (exact) mass is 498 g/mol. The predicted molar refractivity (Wildman–Crippen MR) is 130 cm³/mol. The largest absolute Gasteiger partial charge is 0.334 e. The number of halogens is 3. The van der Waals surface area contributed by atoms with Gasteiger partial charge >= 0.3 is 0 Å². The van der Waals surface area contributed by atoms with Gasteiger partial charge < -0.3 is 4.90 Å². The number of rotatable bonds is 10. The van der Waals surface area contributed by atoms with Crippen molar-refractivity contribution in [2.45, 2.75) is 57.3 Å². The first-order valence-electron chi connectivity index (χ1n) is 12.1. The summed E-state index contributed by atoms with van der Waals surface area (Å²) in [4.78, 5) is 31.6. The minimum absolute atomic E-state index is 0.110. The second kappa shape index (κ2) is 11.1. The summed E-state index contributed by atoms with van der Waals surface area (Å²) in [6.07, 6.45) is 4.83. The van der Waals surface area contributed by atoms with Crippen molar-refractivity contribution in [1.29, 1.82) is 0 Å². The van der Waals surface area contributed by atoms with Gasteiger partial charge in [0.05, 0.1) is 12.5 Å². The maximum Gasteiger partial charge on any atom is 0.254 e. The van der Waals surface area contributed by atoms with Gasteiger partial charge in [-0.3, -0.25) is 14.4 Å². The molecule has 0 bridgehead atoms. The number of fused-ring (bicyclic) bond motifs is 1. The van der Waals surface area contributed by atoms with Crippen LogP contribution in [-0.4, -0.2) is 28.9 Å². The first-order valence-corrected chi connectivity index (χ1v) is 12.1. The summed E-state index contributed by atoms with van der Waals surface area (Å²) in [5.41, 5.74) is 2.71. The molecule has 0 spiro atoms. The Morgan fingerprint density at radius 2 is 1.92 bits per heavy atom.